The van der Waals surface area contributed by atoms with Crippen molar-refractivity contribution in [3.8, 4) is 0 Å². The first-order chi connectivity index (χ1) is 13.7. The highest BCUT2D eigenvalue weighted by Crippen LogP contribution is 2.19. The molecule has 28 heavy (non-hydrogen) atoms. The molecule has 0 spiro atoms. The first-order valence-electron chi connectivity index (χ1n) is 9.87. The standard InChI is InChI=1S/C23H28FN3O/c1-2-25-23(28)22-15-21(26-16-19-10-12-20(24)13-11-19)17-27(22)14-6-9-18-7-4-3-5-8-18/h3-13,21-22,26H,2,14-17H2,1H3,(H,25,28)/t21-,22+/m1/s1. The van der Waals surface area contributed by atoms with Gasteiger partial charge in [0, 0.05) is 32.2 Å². The van der Waals surface area contributed by atoms with Gasteiger partial charge in [-0.2, -0.15) is 0 Å². The third-order valence-electron chi connectivity index (χ3n) is 5.02. The number of carbonyl (C=O) groups excluding carboxylic acids is 1. The van der Waals surface area contributed by atoms with E-state index < -0.39 is 0 Å². The van der Waals surface area contributed by atoms with Crippen molar-refractivity contribution in [3.05, 3.63) is 77.6 Å². The number of likely N-dealkylation sites (N-methyl/N-ethyl adjacent to an activating group) is 1. The van der Waals surface area contributed by atoms with Crippen LogP contribution in [0.25, 0.3) is 6.08 Å². The number of halogens is 1. The Labute approximate surface area is 166 Å². The van der Waals surface area contributed by atoms with Crippen molar-refractivity contribution < 1.29 is 9.18 Å². The summed E-state index contributed by atoms with van der Waals surface area (Å²) in [6.45, 7) is 4.78. The first kappa shape index (κ1) is 20.2. The summed E-state index contributed by atoms with van der Waals surface area (Å²) in [6.07, 6.45) is 4.98. The summed E-state index contributed by atoms with van der Waals surface area (Å²) < 4.78 is 13.1. The fourth-order valence-corrected chi connectivity index (χ4v) is 3.57. The molecule has 1 amide bonds. The number of likely N-dealkylation sites (tertiary alicyclic amines) is 1. The number of carbonyl (C=O) groups is 1. The van der Waals surface area contributed by atoms with Crippen LogP contribution >= 0.6 is 0 Å². The maximum absolute atomic E-state index is 13.1. The fraction of sp³-hybridized carbons (Fsp3) is 0.348. The number of benzene rings is 2. The number of hydrogen-bond acceptors (Lipinski definition) is 3. The molecule has 0 radical (unpaired) electrons. The Morgan fingerprint density at radius 2 is 1.93 bits per heavy atom. The third kappa shape index (κ3) is 5.75. The lowest BCUT2D eigenvalue weighted by molar-refractivity contribution is -0.125. The smallest absolute Gasteiger partial charge is 0.237 e. The topological polar surface area (TPSA) is 44.4 Å². The summed E-state index contributed by atoms with van der Waals surface area (Å²) in [6, 6.07) is 16.8. The third-order valence-corrected chi connectivity index (χ3v) is 5.02. The monoisotopic (exact) mass is 381 g/mol. The SMILES string of the molecule is CCNC(=O)[C@@H]1C[C@@H](NCc2ccc(F)cc2)CN1CC=Cc1ccccc1. The summed E-state index contributed by atoms with van der Waals surface area (Å²) in [5.74, 6) is -0.140. The highest BCUT2D eigenvalue weighted by molar-refractivity contribution is 5.82. The van der Waals surface area contributed by atoms with Crippen LogP contribution in [0.1, 0.15) is 24.5 Å². The lowest BCUT2D eigenvalue weighted by Gasteiger charge is -2.21. The van der Waals surface area contributed by atoms with E-state index in [2.05, 4.69) is 39.8 Å². The molecule has 2 aromatic rings. The Morgan fingerprint density at radius 1 is 1.18 bits per heavy atom. The van der Waals surface area contributed by atoms with E-state index in [-0.39, 0.29) is 23.8 Å². The van der Waals surface area contributed by atoms with E-state index >= 15 is 0 Å². The Kier molecular flexibility index (Phi) is 7.34. The normalized spacial score (nSPS) is 19.9. The predicted molar refractivity (Wildman–Crippen MR) is 111 cm³/mol. The second-order valence-electron chi connectivity index (χ2n) is 7.12. The van der Waals surface area contributed by atoms with Crippen molar-refractivity contribution in [1.29, 1.82) is 0 Å². The molecule has 4 nitrogen and oxygen atoms in total. The van der Waals surface area contributed by atoms with Crippen LogP contribution in [0.3, 0.4) is 0 Å². The summed E-state index contributed by atoms with van der Waals surface area (Å²) in [4.78, 5) is 14.7. The Morgan fingerprint density at radius 3 is 2.64 bits per heavy atom. The summed E-state index contributed by atoms with van der Waals surface area (Å²) in [5.41, 5.74) is 2.20. The minimum Gasteiger partial charge on any atom is -0.355 e. The van der Waals surface area contributed by atoms with Crippen molar-refractivity contribution in [2.45, 2.75) is 32.0 Å². The number of nitrogens with one attached hydrogen (secondary N) is 2. The van der Waals surface area contributed by atoms with E-state index in [1.807, 2.05) is 25.1 Å². The molecule has 0 aromatic heterocycles. The second-order valence-corrected chi connectivity index (χ2v) is 7.12. The van der Waals surface area contributed by atoms with Gasteiger partial charge in [0.2, 0.25) is 5.91 Å². The second kappa shape index (κ2) is 10.2. The minimum atomic E-state index is -0.225. The molecule has 2 atom stereocenters. The van der Waals surface area contributed by atoms with Crippen LogP contribution in [-0.4, -0.2) is 42.5 Å². The maximum atomic E-state index is 13.1. The van der Waals surface area contributed by atoms with Gasteiger partial charge in [-0.1, -0.05) is 54.6 Å². The summed E-state index contributed by atoms with van der Waals surface area (Å²) in [5, 5.41) is 6.47. The average Bonchev–Trinajstić information content (AvgIpc) is 3.12. The zero-order valence-electron chi connectivity index (χ0n) is 16.3. The maximum Gasteiger partial charge on any atom is 0.237 e. The molecule has 1 fully saturated rings. The molecule has 1 saturated heterocycles. The van der Waals surface area contributed by atoms with E-state index in [0.29, 0.717) is 13.1 Å². The van der Waals surface area contributed by atoms with Gasteiger partial charge in [-0.05, 0) is 36.6 Å². The molecule has 0 aliphatic carbocycles. The van der Waals surface area contributed by atoms with Crippen molar-refractivity contribution in [2.24, 2.45) is 0 Å². The van der Waals surface area contributed by atoms with Gasteiger partial charge in [0.1, 0.15) is 5.82 Å². The van der Waals surface area contributed by atoms with Crippen LogP contribution in [0.15, 0.2) is 60.7 Å². The van der Waals surface area contributed by atoms with Gasteiger partial charge >= 0.3 is 0 Å². The van der Waals surface area contributed by atoms with Crippen LogP contribution in [0.2, 0.25) is 0 Å². The molecule has 148 valence electrons. The van der Waals surface area contributed by atoms with Crippen LogP contribution in [0.5, 0.6) is 0 Å². The average molecular weight is 381 g/mol. The molecule has 1 heterocycles. The van der Waals surface area contributed by atoms with E-state index in [1.165, 1.54) is 12.1 Å². The van der Waals surface area contributed by atoms with Crippen molar-refractivity contribution in [3.63, 3.8) is 0 Å². The fourth-order valence-electron chi connectivity index (χ4n) is 3.57. The van der Waals surface area contributed by atoms with Crippen LogP contribution in [-0.2, 0) is 11.3 Å². The molecular formula is C23H28FN3O. The number of rotatable bonds is 8. The zero-order valence-corrected chi connectivity index (χ0v) is 16.3. The largest absolute Gasteiger partial charge is 0.355 e. The van der Waals surface area contributed by atoms with Crippen molar-refractivity contribution in [2.75, 3.05) is 19.6 Å². The molecule has 2 aromatic carbocycles. The minimum absolute atomic E-state index is 0.0849. The van der Waals surface area contributed by atoms with E-state index in [9.17, 15) is 9.18 Å². The van der Waals surface area contributed by atoms with Gasteiger partial charge in [0.25, 0.3) is 0 Å². The lowest BCUT2D eigenvalue weighted by atomic mass is 10.1. The van der Waals surface area contributed by atoms with Gasteiger partial charge in [0.05, 0.1) is 6.04 Å². The van der Waals surface area contributed by atoms with E-state index in [0.717, 1.165) is 30.6 Å². The number of amides is 1. The molecule has 5 heteroatoms. The summed E-state index contributed by atoms with van der Waals surface area (Å²) >= 11 is 0. The highest BCUT2D eigenvalue weighted by Gasteiger charge is 2.35. The molecule has 0 saturated carbocycles. The number of hydrogen-bond donors (Lipinski definition) is 2. The van der Waals surface area contributed by atoms with Gasteiger partial charge < -0.3 is 10.6 Å². The van der Waals surface area contributed by atoms with Crippen LogP contribution < -0.4 is 10.6 Å². The van der Waals surface area contributed by atoms with Gasteiger partial charge in [-0.15, -0.1) is 0 Å². The van der Waals surface area contributed by atoms with E-state index in [4.69, 9.17) is 0 Å². The zero-order chi connectivity index (χ0) is 19.8. The van der Waals surface area contributed by atoms with Gasteiger partial charge in [-0.3, -0.25) is 9.69 Å². The first-order valence-corrected chi connectivity index (χ1v) is 9.87. The highest BCUT2D eigenvalue weighted by atomic mass is 19.1. The molecular weight excluding hydrogens is 353 g/mol. The summed E-state index contributed by atoms with van der Waals surface area (Å²) in [7, 11) is 0. The molecule has 0 unspecified atom stereocenters. The van der Waals surface area contributed by atoms with Gasteiger partial charge in [-0.25, -0.2) is 4.39 Å². The lowest BCUT2D eigenvalue weighted by Crippen LogP contribution is -2.43. The molecule has 0 bridgehead atoms. The molecule has 1 aliphatic heterocycles. The molecule has 1 aliphatic rings. The van der Waals surface area contributed by atoms with Crippen molar-refractivity contribution >= 4 is 12.0 Å². The Balaban J connectivity index is 1.59. The quantitative estimate of drug-likeness (QED) is 0.738. The molecule has 3 rings (SSSR count). The number of nitrogens with zero attached hydrogens (tertiary/aromatic N) is 1. The van der Waals surface area contributed by atoms with E-state index in [1.54, 1.807) is 12.1 Å². The van der Waals surface area contributed by atoms with Crippen molar-refractivity contribution in [1.82, 2.24) is 15.5 Å². The Bertz CT molecular complexity index is 776. The van der Waals surface area contributed by atoms with Crippen LogP contribution in [0.4, 0.5) is 4.39 Å². The Hall–Kier alpha value is -2.50. The van der Waals surface area contributed by atoms with Gasteiger partial charge in [0.15, 0.2) is 0 Å². The molecule has 2 N–H and O–H groups in total. The van der Waals surface area contributed by atoms with Crippen LogP contribution in [0, 0.1) is 5.82 Å². The predicted octanol–water partition coefficient (Wildman–Crippen LogP) is 3.21.